The van der Waals surface area contributed by atoms with E-state index in [0.717, 1.165) is 40.0 Å². The second-order valence-corrected chi connectivity index (χ2v) is 8.84. The summed E-state index contributed by atoms with van der Waals surface area (Å²) in [4.78, 5) is 13.1. The van der Waals surface area contributed by atoms with Crippen molar-refractivity contribution < 1.29 is 9.13 Å². The predicted molar refractivity (Wildman–Crippen MR) is 113 cm³/mol. The van der Waals surface area contributed by atoms with Crippen molar-refractivity contribution >= 4 is 22.7 Å². The quantitative estimate of drug-likeness (QED) is 0.542. The van der Waals surface area contributed by atoms with Crippen LogP contribution in [0.25, 0.3) is 22.2 Å². The number of thioether (sulfide) groups is 1. The maximum Gasteiger partial charge on any atom is 0.292 e. The van der Waals surface area contributed by atoms with Crippen LogP contribution in [0.1, 0.15) is 26.2 Å². The van der Waals surface area contributed by atoms with Gasteiger partial charge < -0.3 is 13.9 Å². The van der Waals surface area contributed by atoms with Crippen LogP contribution in [-0.4, -0.2) is 22.5 Å². The lowest BCUT2D eigenvalue weighted by atomic mass is 10.1. The van der Waals surface area contributed by atoms with Crippen LogP contribution in [0.2, 0.25) is 0 Å². The first-order valence-corrected chi connectivity index (χ1v) is 10.7. The Labute approximate surface area is 168 Å². The first-order chi connectivity index (χ1) is 13.3. The van der Waals surface area contributed by atoms with Crippen LogP contribution < -0.4 is 10.3 Å². The summed E-state index contributed by atoms with van der Waals surface area (Å²) in [5.74, 6) is 0.0839. The minimum Gasteiger partial charge on any atom is -0.491 e. The van der Waals surface area contributed by atoms with Gasteiger partial charge in [-0.15, -0.1) is 11.8 Å². The van der Waals surface area contributed by atoms with E-state index in [1.807, 2.05) is 12.5 Å². The molecule has 0 amide bonds. The highest BCUT2D eigenvalue weighted by Gasteiger charge is 2.36. The molecular weight excluding hydrogens is 375 g/mol. The molecule has 0 spiro atoms. The van der Waals surface area contributed by atoms with Gasteiger partial charge in [-0.3, -0.25) is 4.79 Å². The van der Waals surface area contributed by atoms with Crippen molar-refractivity contribution in [2.45, 2.75) is 37.6 Å². The van der Waals surface area contributed by atoms with Crippen LogP contribution in [0.4, 0.5) is 4.39 Å². The Morgan fingerprint density at radius 1 is 1.25 bits per heavy atom. The lowest BCUT2D eigenvalue weighted by Gasteiger charge is -2.15. The molecule has 1 saturated carbocycles. The lowest BCUT2D eigenvalue weighted by Crippen LogP contribution is -2.18. The summed E-state index contributed by atoms with van der Waals surface area (Å²) in [5, 5.41) is 1.04. The number of rotatable bonds is 6. The molecule has 0 radical (unpaired) electrons. The van der Waals surface area contributed by atoms with Crippen molar-refractivity contribution in [2.75, 3.05) is 13.4 Å². The van der Waals surface area contributed by atoms with Gasteiger partial charge in [0.15, 0.2) is 5.75 Å². The normalized spacial score (nSPS) is 15.2. The summed E-state index contributed by atoms with van der Waals surface area (Å²) in [7, 11) is 3.23. The number of ether oxygens (including phenoxy) is 1. The lowest BCUT2D eigenvalue weighted by molar-refractivity contribution is 0.405. The predicted octanol–water partition coefficient (Wildman–Crippen LogP) is 5.07. The number of aromatic nitrogens is 2. The molecule has 6 heteroatoms. The zero-order valence-corrected chi connectivity index (χ0v) is 17.5. The van der Waals surface area contributed by atoms with Gasteiger partial charge in [0.25, 0.3) is 5.56 Å². The summed E-state index contributed by atoms with van der Waals surface area (Å²) in [6.07, 6.45) is 7.34. The van der Waals surface area contributed by atoms with Crippen LogP contribution in [0, 0.1) is 11.2 Å². The zero-order valence-electron chi connectivity index (χ0n) is 16.7. The molecule has 0 bridgehead atoms. The molecule has 1 aliphatic rings. The van der Waals surface area contributed by atoms with E-state index >= 15 is 0 Å². The average Bonchev–Trinajstić information content (AvgIpc) is 3.30. The summed E-state index contributed by atoms with van der Waals surface area (Å²) in [6.45, 7) is 3.12. The molecule has 28 heavy (non-hydrogen) atoms. The smallest absolute Gasteiger partial charge is 0.292 e. The van der Waals surface area contributed by atoms with Gasteiger partial charge in [-0.05, 0) is 55.2 Å². The third-order valence-electron chi connectivity index (χ3n) is 5.88. The average molecular weight is 401 g/mol. The number of pyridine rings is 1. The second kappa shape index (κ2) is 6.99. The number of fused-ring (bicyclic) bond motifs is 1. The van der Waals surface area contributed by atoms with Gasteiger partial charge in [0.2, 0.25) is 0 Å². The van der Waals surface area contributed by atoms with Gasteiger partial charge in [-0.1, -0.05) is 6.92 Å². The van der Waals surface area contributed by atoms with Gasteiger partial charge in [-0.2, -0.15) is 0 Å². The topological polar surface area (TPSA) is 36.2 Å². The summed E-state index contributed by atoms with van der Waals surface area (Å²) in [5.41, 5.74) is 2.99. The van der Waals surface area contributed by atoms with Crippen molar-refractivity contribution in [3.63, 3.8) is 0 Å². The fourth-order valence-electron chi connectivity index (χ4n) is 3.75. The highest BCUT2D eigenvalue weighted by atomic mass is 32.2. The maximum atomic E-state index is 14.3. The molecule has 1 fully saturated rings. The Bertz CT molecular complexity index is 1110. The van der Waals surface area contributed by atoms with Crippen molar-refractivity contribution in [1.29, 1.82) is 0 Å². The number of hydrogen-bond donors (Lipinski definition) is 0. The molecule has 0 saturated heterocycles. The van der Waals surface area contributed by atoms with Crippen molar-refractivity contribution in [3.8, 4) is 17.0 Å². The van der Waals surface area contributed by atoms with E-state index < -0.39 is 0 Å². The van der Waals surface area contributed by atoms with Gasteiger partial charge in [0.1, 0.15) is 5.82 Å². The Balaban J connectivity index is 1.93. The van der Waals surface area contributed by atoms with E-state index in [1.165, 1.54) is 24.5 Å². The highest BCUT2D eigenvalue weighted by Crippen LogP contribution is 2.49. The highest BCUT2D eigenvalue weighted by molar-refractivity contribution is 7.98. The van der Waals surface area contributed by atoms with E-state index in [4.69, 9.17) is 4.74 Å². The molecule has 1 aromatic carbocycles. The van der Waals surface area contributed by atoms with E-state index in [1.54, 1.807) is 37.0 Å². The van der Waals surface area contributed by atoms with E-state index in [0.29, 0.717) is 11.2 Å². The molecule has 3 aromatic rings. The van der Waals surface area contributed by atoms with E-state index in [-0.39, 0.29) is 11.4 Å². The molecule has 0 atom stereocenters. The molecule has 0 aliphatic heterocycles. The number of benzene rings is 1. The SMILES string of the molecule is COc1cc(-c2cc3c(SC)cc(F)cc3n2CCC2(C)CC2)cn(C)c1=O. The molecule has 4 nitrogen and oxygen atoms in total. The Morgan fingerprint density at radius 3 is 2.64 bits per heavy atom. The molecule has 2 heterocycles. The van der Waals surface area contributed by atoms with Gasteiger partial charge in [0.05, 0.1) is 18.3 Å². The number of aryl methyl sites for hydroxylation is 2. The molecular formula is C22H25FN2O2S. The summed E-state index contributed by atoms with van der Waals surface area (Å²) in [6, 6.07) is 7.09. The Kier molecular flexibility index (Phi) is 4.78. The third kappa shape index (κ3) is 3.34. The standard InChI is InChI=1S/C22H25FN2O2S/c1-22(5-6-22)7-8-25-17(14-9-19(27-3)21(26)24(2)13-14)12-16-18(25)10-15(23)11-20(16)28-4/h9-13H,5-8H2,1-4H3. The monoisotopic (exact) mass is 400 g/mol. The van der Waals surface area contributed by atoms with Crippen LogP contribution in [0.3, 0.4) is 0 Å². The zero-order chi connectivity index (χ0) is 20.1. The number of halogens is 1. The first kappa shape index (κ1) is 19.1. The number of nitrogens with zero attached hydrogens (tertiary/aromatic N) is 2. The number of hydrogen-bond acceptors (Lipinski definition) is 3. The van der Waals surface area contributed by atoms with Gasteiger partial charge in [0, 0.05) is 35.6 Å². The molecule has 0 N–H and O–H groups in total. The van der Waals surface area contributed by atoms with Crippen molar-refractivity contribution in [2.24, 2.45) is 12.5 Å². The number of methoxy groups -OCH3 is 1. The maximum absolute atomic E-state index is 14.3. The van der Waals surface area contributed by atoms with E-state index in [2.05, 4.69) is 17.6 Å². The molecule has 148 valence electrons. The minimum atomic E-state index is -0.224. The van der Waals surface area contributed by atoms with Crippen molar-refractivity contribution in [3.05, 3.63) is 46.6 Å². The molecule has 0 unspecified atom stereocenters. The minimum absolute atomic E-state index is 0.171. The van der Waals surface area contributed by atoms with Crippen molar-refractivity contribution in [1.82, 2.24) is 9.13 Å². The van der Waals surface area contributed by atoms with Crippen LogP contribution in [0.5, 0.6) is 5.75 Å². The fraction of sp³-hybridized carbons (Fsp3) is 0.409. The Morgan fingerprint density at radius 2 is 2.00 bits per heavy atom. The second-order valence-electron chi connectivity index (χ2n) is 8.00. The van der Waals surface area contributed by atoms with E-state index in [9.17, 15) is 9.18 Å². The van der Waals surface area contributed by atoms with Gasteiger partial charge in [-0.25, -0.2) is 4.39 Å². The summed E-state index contributed by atoms with van der Waals surface area (Å²) >= 11 is 1.55. The van der Waals surface area contributed by atoms with Crippen LogP contribution in [-0.2, 0) is 13.6 Å². The molecule has 2 aromatic heterocycles. The Hall–Kier alpha value is -2.21. The third-order valence-corrected chi connectivity index (χ3v) is 6.65. The summed E-state index contributed by atoms with van der Waals surface area (Å²) < 4.78 is 23.3. The molecule has 1 aliphatic carbocycles. The van der Waals surface area contributed by atoms with Crippen LogP contribution in [0.15, 0.2) is 40.2 Å². The largest absolute Gasteiger partial charge is 0.491 e. The fourth-order valence-corrected chi connectivity index (χ4v) is 4.37. The molecule has 4 rings (SSSR count). The first-order valence-electron chi connectivity index (χ1n) is 9.47. The van der Waals surface area contributed by atoms with Crippen LogP contribution >= 0.6 is 11.8 Å². The van der Waals surface area contributed by atoms with Gasteiger partial charge >= 0.3 is 0 Å².